The lowest BCUT2D eigenvalue weighted by Gasteiger charge is -2.11. The molecule has 3 heterocycles. The number of amides is 1. The van der Waals surface area contributed by atoms with Crippen molar-refractivity contribution in [3.63, 3.8) is 0 Å². The minimum atomic E-state index is -0.223. The number of benzene rings is 1. The van der Waals surface area contributed by atoms with Crippen LogP contribution in [0.2, 0.25) is 0 Å². The van der Waals surface area contributed by atoms with Crippen LogP contribution in [0.3, 0.4) is 0 Å². The van der Waals surface area contributed by atoms with Gasteiger partial charge in [-0.1, -0.05) is 0 Å². The van der Waals surface area contributed by atoms with Crippen LogP contribution >= 0.6 is 11.3 Å². The first-order chi connectivity index (χ1) is 13.8. The molecule has 0 atom stereocenters. The average molecular weight is 410 g/mol. The monoisotopic (exact) mass is 409 g/mol. The largest absolute Gasteiger partial charge is 0.346 e. The molecular formula is C21H23N5O2S. The Morgan fingerprint density at radius 1 is 1.28 bits per heavy atom. The summed E-state index contributed by atoms with van der Waals surface area (Å²) in [6, 6.07) is 7.96. The molecule has 0 aliphatic heterocycles. The molecule has 0 aliphatic rings. The molecule has 7 nitrogen and oxygen atoms in total. The lowest BCUT2D eigenvalue weighted by atomic mass is 10.2. The molecule has 0 radical (unpaired) electrons. The molecule has 29 heavy (non-hydrogen) atoms. The molecular weight excluding hydrogens is 386 g/mol. The number of nitrogens with zero attached hydrogens (tertiary/aromatic N) is 4. The highest BCUT2D eigenvalue weighted by Crippen LogP contribution is 2.28. The van der Waals surface area contributed by atoms with Gasteiger partial charge in [-0.3, -0.25) is 9.59 Å². The quantitative estimate of drug-likeness (QED) is 0.550. The molecule has 0 unspecified atom stereocenters. The van der Waals surface area contributed by atoms with Crippen LogP contribution in [0.25, 0.3) is 21.1 Å². The van der Waals surface area contributed by atoms with E-state index in [1.807, 2.05) is 18.2 Å². The van der Waals surface area contributed by atoms with Crippen LogP contribution in [0.1, 0.15) is 15.2 Å². The van der Waals surface area contributed by atoms with Gasteiger partial charge >= 0.3 is 0 Å². The minimum Gasteiger partial charge on any atom is -0.346 e. The van der Waals surface area contributed by atoms with Gasteiger partial charge in [-0.2, -0.15) is 0 Å². The molecule has 8 heteroatoms. The van der Waals surface area contributed by atoms with E-state index in [2.05, 4.69) is 46.1 Å². The molecule has 0 saturated carbocycles. The van der Waals surface area contributed by atoms with Crippen LogP contribution in [0.4, 0.5) is 5.69 Å². The van der Waals surface area contributed by atoms with Gasteiger partial charge in [-0.05, 0) is 50.8 Å². The van der Waals surface area contributed by atoms with Crippen molar-refractivity contribution >= 4 is 44.1 Å². The zero-order chi connectivity index (χ0) is 20.7. The summed E-state index contributed by atoms with van der Waals surface area (Å²) in [7, 11) is 5.77. The molecule has 0 saturated heterocycles. The van der Waals surface area contributed by atoms with Crippen molar-refractivity contribution in [2.45, 2.75) is 13.5 Å². The fourth-order valence-electron chi connectivity index (χ4n) is 3.39. The first kappa shape index (κ1) is 19.4. The summed E-state index contributed by atoms with van der Waals surface area (Å²) < 4.78 is 3.64. The Hall–Kier alpha value is -2.97. The number of hydrogen-bond acceptors (Lipinski definition) is 5. The lowest BCUT2D eigenvalue weighted by molar-refractivity contribution is 0.103. The lowest BCUT2D eigenvalue weighted by Crippen LogP contribution is -2.17. The predicted molar refractivity (Wildman–Crippen MR) is 118 cm³/mol. The van der Waals surface area contributed by atoms with Gasteiger partial charge in [0.1, 0.15) is 4.83 Å². The van der Waals surface area contributed by atoms with Crippen molar-refractivity contribution in [1.82, 2.24) is 19.0 Å². The number of aromatic nitrogens is 3. The maximum Gasteiger partial charge on any atom is 0.266 e. The predicted octanol–water partition coefficient (Wildman–Crippen LogP) is 3.07. The van der Waals surface area contributed by atoms with Crippen LogP contribution in [-0.4, -0.2) is 45.6 Å². The van der Waals surface area contributed by atoms with Gasteiger partial charge in [0.2, 0.25) is 0 Å². The molecule has 0 spiro atoms. The topological polar surface area (TPSA) is 72.2 Å². The molecule has 1 amide bonds. The summed E-state index contributed by atoms with van der Waals surface area (Å²) in [5.41, 5.74) is 2.40. The number of anilines is 1. The molecule has 0 bridgehead atoms. The Kier molecular flexibility index (Phi) is 4.97. The highest BCUT2D eigenvalue weighted by atomic mass is 32.1. The zero-order valence-electron chi connectivity index (χ0n) is 16.9. The van der Waals surface area contributed by atoms with Crippen LogP contribution in [0.15, 0.2) is 41.6 Å². The third-order valence-electron chi connectivity index (χ3n) is 5.03. The molecule has 3 aromatic heterocycles. The van der Waals surface area contributed by atoms with Crippen LogP contribution in [0.5, 0.6) is 0 Å². The number of rotatable bonds is 5. The summed E-state index contributed by atoms with van der Waals surface area (Å²) in [6.45, 7) is 3.66. The third-order valence-corrected chi connectivity index (χ3v) is 6.23. The molecule has 4 aromatic rings. The SMILES string of the molecule is Cc1c(C(=O)Nc2ccc3c(ccn3CCN(C)C)c2)sc2ncn(C)c(=O)c12. The van der Waals surface area contributed by atoms with E-state index in [1.54, 1.807) is 14.0 Å². The van der Waals surface area contributed by atoms with Crippen molar-refractivity contribution in [1.29, 1.82) is 0 Å². The Balaban J connectivity index is 1.61. The highest BCUT2D eigenvalue weighted by Gasteiger charge is 2.19. The van der Waals surface area contributed by atoms with E-state index in [4.69, 9.17) is 0 Å². The first-order valence-corrected chi connectivity index (χ1v) is 10.2. The molecule has 150 valence electrons. The molecule has 1 N–H and O–H groups in total. The van der Waals surface area contributed by atoms with E-state index in [1.165, 1.54) is 22.2 Å². The van der Waals surface area contributed by atoms with E-state index in [0.717, 1.165) is 29.7 Å². The summed E-state index contributed by atoms with van der Waals surface area (Å²) >= 11 is 1.25. The van der Waals surface area contributed by atoms with E-state index in [-0.39, 0.29) is 11.5 Å². The number of nitrogens with one attached hydrogen (secondary N) is 1. The van der Waals surface area contributed by atoms with E-state index >= 15 is 0 Å². The van der Waals surface area contributed by atoms with Crippen LogP contribution in [0, 0.1) is 6.92 Å². The number of fused-ring (bicyclic) bond motifs is 2. The number of hydrogen-bond donors (Lipinski definition) is 1. The maximum absolute atomic E-state index is 12.9. The van der Waals surface area contributed by atoms with Gasteiger partial charge in [0, 0.05) is 42.9 Å². The zero-order valence-corrected chi connectivity index (χ0v) is 17.7. The molecule has 0 aliphatic carbocycles. The van der Waals surface area contributed by atoms with E-state index in [9.17, 15) is 9.59 Å². The molecule has 0 fully saturated rings. The number of likely N-dealkylation sites (N-methyl/N-ethyl adjacent to an activating group) is 1. The van der Waals surface area contributed by atoms with Gasteiger partial charge < -0.3 is 19.4 Å². The fourth-order valence-corrected chi connectivity index (χ4v) is 4.43. The Labute approximate surface area is 172 Å². The van der Waals surface area contributed by atoms with Crippen molar-refractivity contribution in [2.24, 2.45) is 7.05 Å². The number of carbonyl (C=O) groups is 1. The van der Waals surface area contributed by atoms with Gasteiger partial charge in [0.05, 0.1) is 16.6 Å². The van der Waals surface area contributed by atoms with Crippen molar-refractivity contribution in [2.75, 3.05) is 26.0 Å². The fraction of sp³-hybridized carbons (Fsp3) is 0.286. The van der Waals surface area contributed by atoms with Gasteiger partial charge in [-0.25, -0.2) is 4.98 Å². The second-order valence-electron chi connectivity index (χ2n) is 7.44. The Bertz CT molecular complexity index is 1280. The Morgan fingerprint density at radius 3 is 2.83 bits per heavy atom. The van der Waals surface area contributed by atoms with E-state index < -0.39 is 0 Å². The van der Waals surface area contributed by atoms with Gasteiger partial charge in [0.15, 0.2) is 0 Å². The molecule has 1 aromatic carbocycles. The number of thiophene rings is 1. The standard InChI is InChI=1S/C21H23N5O2S/c1-13-17-20(22-12-25(4)21(17)28)29-18(13)19(27)23-15-5-6-16-14(11-15)7-8-26(16)10-9-24(2)3/h5-8,11-12H,9-10H2,1-4H3,(H,23,27). The van der Waals surface area contributed by atoms with Crippen molar-refractivity contribution < 1.29 is 4.79 Å². The number of carbonyl (C=O) groups excluding carboxylic acids is 1. The second kappa shape index (κ2) is 7.46. The first-order valence-electron chi connectivity index (χ1n) is 9.35. The van der Waals surface area contributed by atoms with Gasteiger partial charge in [-0.15, -0.1) is 11.3 Å². The van der Waals surface area contributed by atoms with Crippen molar-refractivity contribution in [3.05, 3.63) is 57.6 Å². The van der Waals surface area contributed by atoms with E-state index in [0.29, 0.717) is 20.7 Å². The van der Waals surface area contributed by atoms with Crippen molar-refractivity contribution in [3.8, 4) is 0 Å². The summed E-state index contributed by atoms with van der Waals surface area (Å²) in [5.74, 6) is -0.223. The summed E-state index contributed by atoms with van der Waals surface area (Å²) in [5, 5.41) is 4.55. The summed E-state index contributed by atoms with van der Waals surface area (Å²) in [4.78, 5) is 32.8. The van der Waals surface area contributed by atoms with Gasteiger partial charge in [0.25, 0.3) is 11.5 Å². The average Bonchev–Trinajstić information content (AvgIpc) is 3.24. The maximum atomic E-state index is 12.9. The molecule has 4 rings (SSSR count). The normalized spacial score (nSPS) is 11.6. The second-order valence-corrected chi connectivity index (χ2v) is 8.44. The third kappa shape index (κ3) is 3.56. The minimum absolute atomic E-state index is 0.136. The summed E-state index contributed by atoms with van der Waals surface area (Å²) in [6.07, 6.45) is 3.55. The Morgan fingerprint density at radius 2 is 2.07 bits per heavy atom. The number of aryl methyl sites for hydroxylation is 2. The smallest absolute Gasteiger partial charge is 0.266 e. The highest BCUT2D eigenvalue weighted by molar-refractivity contribution is 7.20. The van der Waals surface area contributed by atoms with Crippen LogP contribution < -0.4 is 10.9 Å². The van der Waals surface area contributed by atoms with Crippen LogP contribution in [-0.2, 0) is 13.6 Å².